The van der Waals surface area contributed by atoms with Crippen LogP contribution in [0.1, 0.15) is 39.5 Å². The lowest BCUT2D eigenvalue weighted by atomic mass is 10.3. The number of likely N-dealkylation sites (tertiary alicyclic amines) is 1. The van der Waals surface area contributed by atoms with Crippen molar-refractivity contribution in [3.05, 3.63) is 0 Å². The molecule has 0 aromatic carbocycles. The third kappa shape index (κ3) is 4.20. The van der Waals surface area contributed by atoms with Gasteiger partial charge in [0.25, 0.3) is 0 Å². The van der Waals surface area contributed by atoms with E-state index >= 15 is 0 Å². The molecule has 0 aliphatic carbocycles. The van der Waals surface area contributed by atoms with Gasteiger partial charge in [-0.05, 0) is 38.8 Å². The second-order valence-corrected chi connectivity index (χ2v) is 4.36. The van der Waals surface area contributed by atoms with E-state index in [0.29, 0.717) is 12.5 Å². The molecule has 0 aromatic heterocycles. The Kier molecular flexibility index (Phi) is 5.69. The molecule has 1 aliphatic heterocycles. The number of hydrogen-bond acceptors (Lipinski definition) is 2. The minimum atomic E-state index is 0.328. The molecule has 1 amide bonds. The molecule has 0 saturated carbocycles. The van der Waals surface area contributed by atoms with E-state index in [9.17, 15) is 4.79 Å². The number of nitrogens with zero attached hydrogens (tertiary/aromatic N) is 2. The molecule has 1 fully saturated rings. The molecule has 1 rings (SSSR count). The molecule has 0 aromatic rings. The fourth-order valence-corrected chi connectivity index (χ4v) is 2.16. The summed E-state index contributed by atoms with van der Waals surface area (Å²) in [6.45, 7) is 9.02. The van der Waals surface area contributed by atoms with Crippen LogP contribution >= 0.6 is 0 Å². The van der Waals surface area contributed by atoms with Crippen LogP contribution in [0.5, 0.6) is 0 Å². The fraction of sp³-hybridized carbons (Fsp3) is 0.917. The standard InChI is InChI=1S/C12H24N2O/c1-3-7-13(8-4-2)11-12(15)14-9-5-6-10-14/h3-11H2,1-2H3. The second-order valence-electron chi connectivity index (χ2n) is 4.36. The van der Waals surface area contributed by atoms with Gasteiger partial charge in [0.05, 0.1) is 6.54 Å². The molecule has 3 heteroatoms. The van der Waals surface area contributed by atoms with Crippen LogP contribution in [0, 0.1) is 0 Å². The van der Waals surface area contributed by atoms with Gasteiger partial charge >= 0.3 is 0 Å². The molecule has 88 valence electrons. The topological polar surface area (TPSA) is 23.6 Å². The molecule has 0 spiro atoms. The van der Waals surface area contributed by atoms with Crippen LogP contribution in [0.3, 0.4) is 0 Å². The zero-order valence-electron chi connectivity index (χ0n) is 10.2. The van der Waals surface area contributed by atoms with E-state index in [2.05, 4.69) is 18.7 Å². The summed E-state index contributed by atoms with van der Waals surface area (Å²) in [7, 11) is 0. The Morgan fingerprint density at radius 1 is 1.13 bits per heavy atom. The second kappa shape index (κ2) is 6.83. The van der Waals surface area contributed by atoms with Gasteiger partial charge in [-0.15, -0.1) is 0 Å². The van der Waals surface area contributed by atoms with Crippen molar-refractivity contribution < 1.29 is 4.79 Å². The van der Waals surface area contributed by atoms with Crippen molar-refractivity contribution in [1.29, 1.82) is 0 Å². The summed E-state index contributed by atoms with van der Waals surface area (Å²) in [5, 5.41) is 0. The zero-order chi connectivity index (χ0) is 11.1. The van der Waals surface area contributed by atoms with Crippen LogP contribution in [0.2, 0.25) is 0 Å². The Morgan fingerprint density at radius 3 is 2.13 bits per heavy atom. The van der Waals surface area contributed by atoms with E-state index < -0.39 is 0 Å². The van der Waals surface area contributed by atoms with Crippen molar-refractivity contribution in [2.45, 2.75) is 39.5 Å². The summed E-state index contributed by atoms with van der Waals surface area (Å²) >= 11 is 0. The van der Waals surface area contributed by atoms with Gasteiger partial charge in [0.15, 0.2) is 0 Å². The molecule has 1 aliphatic rings. The minimum absolute atomic E-state index is 0.328. The molecule has 0 bridgehead atoms. The average Bonchev–Trinajstić information content (AvgIpc) is 2.71. The highest BCUT2D eigenvalue weighted by Gasteiger charge is 2.19. The molecule has 1 saturated heterocycles. The van der Waals surface area contributed by atoms with E-state index in [1.807, 2.05) is 4.90 Å². The first kappa shape index (κ1) is 12.5. The first-order valence-electron chi connectivity index (χ1n) is 6.28. The van der Waals surface area contributed by atoms with Gasteiger partial charge in [0.2, 0.25) is 5.91 Å². The van der Waals surface area contributed by atoms with Gasteiger partial charge < -0.3 is 4.90 Å². The highest BCUT2D eigenvalue weighted by molar-refractivity contribution is 5.78. The quantitative estimate of drug-likeness (QED) is 0.669. The van der Waals surface area contributed by atoms with Crippen LogP contribution in [0.4, 0.5) is 0 Å². The highest BCUT2D eigenvalue weighted by atomic mass is 16.2. The van der Waals surface area contributed by atoms with Crippen LogP contribution < -0.4 is 0 Å². The van der Waals surface area contributed by atoms with Gasteiger partial charge in [-0.3, -0.25) is 9.69 Å². The lowest BCUT2D eigenvalue weighted by Gasteiger charge is -2.23. The molecule has 0 unspecified atom stereocenters. The number of carbonyl (C=O) groups excluding carboxylic acids is 1. The van der Waals surface area contributed by atoms with E-state index in [1.54, 1.807) is 0 Å². The predicted molar refractivity (Wildman–Crippen MR) is 62.8 cm³/mol. The summed E-state index contributed by atoms with van der Waals surface area (Å²) in [4.78, 5) is 16.2. The lowest BCUT2D eigenvalue weighted by molar-refractivity contribution is -0.131. The molecule has 15 heavy (non-hydrogen) atoms. The lowest BCUT2D eigenvalue weighted by Crippen LogP contribution is -2.39. The summed E-state index contributed by atoms with van der Waals surface area (Å²) in [5.74, 6) is 0.328. The maximum Gasteiger partial charge on any atom is 0.236 e. The van der Waals surface area contributed by atoms with Crippen molar-refractivity contribution in [3.63, 3.8) is 0 Å². The number of amides is 1. The summed E-state index contributed by atoms with van der Waals surface area (Å²) in [5.41, 5.74) is 0. The average molecular weight is 212 g/mol. The van der Waals surface area contributed by atoms with Crippen molar-refractivity contribution >= 4 is 5.91 Å². The van der Waals surface area contributed by atoms with Crippen molar-refractivity contribution in [2.24, 2.45) is 0 Å². The van der Waals surface area contributed by atoms with Crippen molar-refractivity contribution in [2.75, 3.05) is 32.7 Å². The highest BCUT2D eigenvalue weighted by Crippen LogP contribution is 2.08. The maximum absolute atomic E-state index is 11.9. The van der Waals surface area contributed by atoms with Gasteiger partial charge in [-0.1, -0.05) is 13.8 Å². The largest absolute Gasteiger partial charge is 0.342 e. The minimum Gasteiger partial charge on any atom is -0.342 e. The monoisotopic (exact) mass is 212 g/mol. The van der Waals surface area contributed by atoms with E-state index in [4.69, 9.17) is 0 Å². The number of carbonyl (C=O) groups is 1. The van der Waals surface area contributed by atoms with Crippen LogP contribution in [0.15, 0.2) is 0 Å². The third-order valence-corrected chi connectivity index (χ3v) is 2.90. The Morgan fingerprint density at radius 2 is 1.67 bits per heavy atom. The van der Waals surface area contributed by atoms with Crippen LogP contribution in [0.25, 0.3) is 0 Å². The van der Waals surface area contributed by atoms with Crippen LogP contribution in [-0.4, -0.2) is 48.4 Å². The molecule has 0 N–H and O–H groups in total. The van der Waals surface area contributed by atoms with E-state index in [0.717, 1.165) is 39.0 Å². The summed E-state index contributed by atoms with van der Waals surface area (Å²) in [6.07, 6.45) is 4.64. The maximum atomic E-state index is 11.9. The summed E-state index contributed by atoms with van der Waals surface area (Å²) in [6, 6.07) is 0. The molecule has 0 atom stereocenters. The molecule has 0 radical (unpaired) electrons. The normalized spacial score (nSPS) is 16.3. The SMILES string of the molecule is CCCN(CCC)CC(=O)N1CCCC1. The number of hydrogen-bond donors (Lipinski definition) is 0. The molecular formula is C12H24N2O. The van der Waals surface area contributed by atoms with Crippen molar-refractivity contribution in [1.82, 2.24) is 9.80 Å². The Hall–Kier alpha value is -0.570. The summed E-state index contributed by atoms with van der Waals surface area (Å²) < 4.78 is 0. The number of rotatable bonds is 6. The molecule has 3 nitrogen and oxygen atoms in total. The Labute approximate surface area is 93.4 Å². The molecular weight excluding hydrogens is 188 g/mol. The van der Waals surface area contributed by atoms with Gasteiger partial charge in [0, 0.05) is 13.1 Å². The van der Waals surface area contributed by atoms with Gasteiger partial charge in [0.1, 0.15) is 0 Å². The van der Waals surface area contributed by atoms with Gasteiger partial charge in [-0.25, -0.2) is 0 Å². The van der Waals surface area contributed by atoms with Crippen LogP contribution in [-0.2, 0) is 4.79 Å². The smallest absolute Gasteiger partial charge is 0.236 e. The Balaban J connectivity index is 2.31. The first-order chi connectivity index (χ1) is 7.27. The Bertz CT molecular complexity index is 182. The van der Waals surface area contributed by atoms with E-state index in [-0.39, 0.29) is 0 Å². The van der Waals surface area contributed by atoms with Crippen molar-refractivity contribution in [3.8, 4) is 0 Å². The predicted octanol–water partition coefficient (Wildman–Crippen LogP) is 1.73. The third-order valence-electron chi connectivity index (χ3n) is 2.90. The fourth-order valence-electron chi connectivity index (χ4n) is 2.16. The van der Waals surface area contributed by atoms with E-state index in [1.165, 1.54) is 12.8 Å². The molecule has 1 heterocycles. The van der Waals surface area contributed by atoms with Gasteiger partial charge in [-0.2, -0.15) is 0 Å². The zero-order valence-corrected chi connectivity index (χ0v) is 10.2. The first-order valence-corrected chi connectivity index (χ1v) is 6.28.